The number of piperazine rings is 1. The summed E-state index contributed by atoms with van der Waals surface area (Å²) >= 11 is 0. The zero-order chi connectivity index (χ0) is 22.0. The molecule has 0 unspecified atom stereocenters. The number of hydrogen-bond donors (Lipinski definition) is 0. The van der Waals surface area contributed by atoms with Crippen LogP contribution >= 0.6 is 0 Å². The number of benzene rings is 3. The molecular formula is C23H23N3O5. The van der Waals surface area contributed by atoms with E-state index in [1.807, 2.05) is 41.3 Å². The van der Waals surface area contributed by atoms with Gasteiger partial charge in [-0.2, -0.15) is 0 Å². The van der Waals surface area contributed by atoms with Crippen LogP contribution in [0, 0.1) is 10.1 Å². The maximum Gasteiger partial charge on any atom is 0.296 e. The van der Waals surface area contributed by atoms with E-state index in [0.29, 0.717) is 48.9 Å². The minimum Gasteiger partial charge on any atom is -0.496 e. The Bertz CT molecular complexity index is 1140. The molecule has 0 saturated carbocycles. The smallest absolute Gasteiger partial charge is 0.296 e. The van der Waals surface area contributed by atoms with Gasteiger partial charge >= 0.3 is 0 Å². The zero-order valence-electron chi connectivity index (χ0n) is 17.4. The van der Waals surface area contributed by atoms with Crippen LogP contribution in [0.5, 0.6) is 11.5 Å². The predicted octanol–water partition coefficient (Wildman–Crippen LogP) is 3.73. The van der Waals surface area contributed by atoms with Gasteiger partial charge in [0.15, 0.2) is 0 Å². The van der Waals surface area contributed by atoms with Gasteiger partial charge in [-0.25, -0.2) is 0 Å². The molecule has 31 heavy (non-hydrogen) atoms. The van der Waals surface area contributed by atoms with Gasteiger partial charge in [0.1, 0.15) is 17.2 Å². The number of carbonyl (C=O) groups excluding carboxylic acids is 1. The van der Waals surface area contributed by atoms with Crippen molar-refractivity contribution in [1.82, 2.24) is 4.90 Å². The molecule has 0 N–H and O–H groups in total. The van der Waals surface area contributed by atoms with Crippen LogP contribution in [-0.4, -0.2) is 56.1 Å². The highest BCUT2D eigenvalue weighted by Crippen LogP contribution is 2.33. The van der Waals surface area contributed by atoms with Crippen LogP contribution in [-0.2, 0) is 0 Å². The normalized spacial score (nSPS) is 13.9. The second-order valence-corrected chi connectivity index (χ2v) is 7.29. The molecule has 0 atom stereocenters. The Balaban J connectivity index is 1.54. The van der Waals surface area contributed by atoms with E-state index in [2.05, 4.69) is 0 Å². The van der Waals surface area contributed by atoms with Crippen LogP contribution in [0.15, 0.2) is 54.6 Å². The van der Waals surface area contributed by atoms with Gasteiger partial charge in [-0.3, -0.25) is 14.9 Å². The summed E-state index contributed by atoms with van der Waals surface area (Å²) in [5, 5.41) is 13.5. The van der Waals surface area contributed by atoms with Crippen molar-refractivity contribution in [2.24, 2.45) is 0 Å². The van der Waals surface area contributed by atoms with Crippen molar-refractivity contribution < 1.29 is 19.2 Å². The molecule has 0 radical (unpaired) electrons. The lowest BCUT2D eigenvalue weighted by Gasteiger charge is -2.36. The van der Waals surface area contributed by atoms with E-state index >= 15 is 0 Å². The summed E-state index contributed by atoms with van der Waals surface area (Å²) in [5.74, 6) is 0.871. The SMILES string of the molecule is COc1ccc(N2CCN(C(=O)c3cc4ccccc4cc3OC)CC2)c([N+](=O)[O-])c1. The number of hydrogen-bond acceptors (Lipinski definition) is 6. The number of carbonyl (C=O) groups is 1. The maximum atomic E-state index is 13.2. The molecule has 0 aliphatic carbocycles. The number of methoxy groups -OCH3 is 2. The first kappa shape index (κ1) is 20.5. The summed E-state index contributed by atoms with van der Waals surface area (Å²) in [4.78, 5) is 28.0. The van der Waals surface area contributed by atoms with E-state index in [-0.39, 0.29) is 11.6 Å². The first-order valence-electron chi connectivity index (χ1n) is 9.95. The number of nitrogens with zero attached hydrogens (tertiary/aromatic N) is 3. The van der Waals surface area contributed by atoms with Crippen LogP contribution < -0.4 is 14.4 Å². The highest BCUT2D eigenvalue weighted by atomic mass is 16.6. The first-order valence-corrected chi connectivity index (χ1v) is 9.95. The fourth-order valence-electron chi connectivity index (χ4n) is 3.92. The molecule has 1 heterocycles. The molecule has 4 rings (SSSR count). The third-order valence-electron chi connectivity index (χ3n) is 5.59. The standard InChI is InChI=1S/C23H23N3O5/c1-30-18-7-8-20(21(15-18)26(28)29)24-9-11-25(12-10-24)23(27)19-13-16-5-3-4-6-17(16)14-22(19)31-2/h3-8,13-15H,9-12H2,1-2H3. The van der Waals surface area contributed by atoms with Crippen molar-refractivity contribution in [3.8, 4) is 11.5 Å². The quantitative estimate of drug-likeness (QED) is 0.461. The van der Waals surface area contributed by atoms with Crippen LogP contribution in [0.4, 0.5) is 11.4 Å². The number of anilines is 1. The van der Waals surface area contributed by atoms with Gasteiger partial charge in [0.25, 0.3) is 11.6 Å². The Morgan fingerprint density at radius 3 is 2.23 bits per heavy atom. The maximum absolute atomic E-state index is 13.2. The van der Waals surface area contributed by atoms with E-state index in [4.69, 9.17) is 9.47 Å². The van der Waals surface area contributed by atoms with Crippen molar-refractivity contribution in [1.29, 1.82) is 0 Å². The molecular weight excluding hydrogens is 398 g/mol. The second-order valence-electron chi connectivity index (χ2n) is 7.29. The lowest BCUT2D eigenvalue weighted by atomic mass is 10.0. The molecule has 1 fully saturated rings. The second kappa shape index (κ2) is 8.51. The minimum absolute atomic E-state index is 0.00433. The molecule has 1 amide bonds. The fraction of sp³-hybridized carbons (Fsp3) is 0.261. The first-order chi connectivity index (χ1) is 15.0. The molecule has 8 heteroatoms. The van der Waals surface area contributed by atoms with Crippen LogP contribution in [0.3, 0.4) is 0 Å². The molecule has 0 aromatic heterocycles. The Morgan fingerprint density at radius 2 is 1.61 bits per heavy atom. The van der Waals surface area contributed by atoms with E-state index in [0.717, 1.165) is 10.8 Å². The van der Waals surface area contributed by atoms with Crippen molar-refractivity contribution in [2.75, 3.05) is 45.3 Å². The topological polar surface area (TPSA) is 85.2 Å². The molecule has 0 bridgehead atoms. The van der Waals surface area contributed by atoms with E-state index in [1.165, 1.54) is 13.2 Å². The molecule has 1 aliphatic rings. The molecule has 3 aromatic carbocycles. The number of rotatable bonds is 5. The number of nitro groups is 1. The monoisotopic (exact) mass is 421 g/mol. The fourth-order valence-corrected chi connectivity index (χ4v) is 3.92. The number of ether oxygens (including phenoxy) is 2. The van der Waals surface area contributed by atoms with Gasteiger partial charge in [-0.05, 0) is 35.0 Å². The van der Waals surface area contributed by atoms with E-state index in [9.17, 15) is 14.9 Å². The van der Waals surface area contributed by atoms with Gasteiger partial charge in [-0.1, -0.05) is 24.3 Å². The summed E-state index contributed by atoms with van der Waals surface area (Å²) in [5.41, 5.74) is 1.04. The summed E-state index contributed by atoms with van der Waals surface area (Å²) in [6.07, 6.45) is 0. The molecule has 160 valence electrons. The van der Waals surface area contributed by atoms with Crippen LogP contribution in [0.25, 0.3) is 10.8 Å². The van der Waals surface area contributed by atoms with Gasteiger partial charge in [0.05, 0.1) is 30.8 Å². The van der Waals surface area contributed by atoms with E-state index in [1.54, 1.807) is 24.1 Å². The summed E-state index contributed by atoms with van der Waals surface area (Å²) in [6, 6.07) is 16.4. The third kappa shape index (κ3) is 3.96. The van der Waals surface area contributed by atoms with Crippen molar-refractivity contribution in [2.45, 2.75) is 0 Å². The molecule has 0 spiro atoms. The number of amides is 1. The lowest BCUT2D eigenvalue weighted by Crippen LogP contribution is -2.49. The Labute approximate surface area is 179 Å². The van der Waals surface area contributed by atoms with E-state index < -0.39 is 4.92 Å². The molecule has 8 nitrogen and oxygen atoms in total. The van der Waals surface area contributed by atoms with Gasteiger partial charge in [0, 0.05) is 26.2 Å². The highest BCUT2D eigenvalue weighted by Gasteiger charge is 2.28. The third-order valence-corrected chi connectivity index (χ3v) is 5.59. The largest absolute Gasteiger partial charge is 0.496 e. The molecule has 1 aliphatic heterocycles. The van der Waals surface area contributed by atoms with Crippen LogP contribution in [0.1, 0.15) is 10.4 Å². The Morgan fingerprint density at radius 1 is 0.935 bits per heavy atom. The predicted molar refractivity (Wildman–Crippen MR) is 118 cm³/mol. The summed E-state index contributed by atoms with van der Waals surface area (Å²) in [7, 11) is 3.03. The average Bonchev–Trinajstić information content (AvgIpc) is 2.82. The molecule has 3 aromatic rings. The minimum atomic E-state index is -0.407. The molecule has 1 saturated heterocycles. The Kier molecular flexibility index (Phi) is 5.62. The zero-order valence-corrected chi connectivity index (χ0v) is 17.4. The van der Waals surface area contributed by atoms with Crippen molar-refractivity contribution >= 4 is 28.1 Å². The van der Waals surface area contributed by atoms with Crippen LogP contribution in [0.2, 0.25) is 0 Å². The lowest BCUT2D eigenvalue weighted by molar-refractivity contribution is -0.384. The Hall–Kier alpha value is -3.81. The van der Waals surface area contributed by atoms with Crippen molar-refractivity contribution in [3.05, 3.63) is 70.3 Å². The number of fused-ring (bicyclic) bond motifs is 1. The van der Waals surface area contributed by atoms with Gasteiger partial charge < -0.3 is 19.3 Å². The van der Waals surface area contributed by atoms with Gasteiger partial charge in [0.2, 0.25) is 0 Å². The summed E-state index contributed by atoms with van der Waals surface area (Å²) < 4.78 is 10.6. The number of nitro benzene ring substituents is 1. The summed E-state index contributed by atoms with van der Waals surface area (Å²) in [6.45, 7) is 1.90. The highest BCUT2D eigenvalue weighted by molar-refractivity contribution is 6.01. The van der Waals surface area contributed by atoms with Crippen molar-refractivity contribution in [3.63, 3.8) is 0 Å². The average molecular weight is 421 g/mol. The van der Waals surface area contributed by atoms with Gasteiger partial charge in [-0.15, -0.1) is 0 Å².